The number of carbonyl (C=O) groups excluding carboxylic acids is 2. The minimum atomic E-state index is -3.39. The van der Waals surface area contributed by atoms with Crippen LogP contribution < -0.4 is 33.5 Å². The van der Waals surface area contributed by atoms with E-state index in [9.17, 15) is 19.8 Å². The molecule has 0 saturated carbocycles. The minimum Gasteiger partial charge on any atom is -1.00 e. The van der Waals surface area contributed by atoms with E-state index in [2.05, 4.69) is 0 Å². The summed E-state index contributed by atoms with van der Waals surface area (Å²) in [6, 6.07) is 15.9. The van der Waals surface area contributed by atoms with E-state index >= 15 is 0 Å². The quantitative estimate of drug-likeness (QED) is 0.0686. The van der Waals surface area contributed by atoms with Crippen LogP contribution in [0.2, 0.25) is 0 Å². The number of phenols is 2. The fourth-order valence-electron chi connectivity index (χ4n) is 6.08. The van der Waals surface area contributed by atoms with Gasteiger partial charge < -0.3 is 60.5 Å². The Labute approximate surface area is 527 Å². The van der Waals surface area contributed by atoms with E-state index < -0.39 is 142 Å². The molecule has 0 amide bonds. The van der Waals surface area contributed by atoms with Gasteiger partial charge in [-0.15, -0.1) is 12.4 Å². The van der Waals surface area contributed by atoms with Gasteiger partial charge in [0.1, 0.15) is 34.2 Å². The van der Waals surface area contributed by atoms with Gasteiger partial charge >= 0.3 is 35.2 Å². The summed E-state index contributed by atoms with van der Waals surface area (Å²) in [6.45, 7) is -0.902. The van der Waals surface area contributed by atoms with E-state index in [1.54, 1.807) is 45.9 Å². The number of hydrogen-bond donors (Lipinski definition) is 2. The smallest absolute Gasteiger partial charge is 1.00 e. The fraction of sp³-hybridized carbons (Fsp3) is 0.565. The number of phenolic OH excluding ortho intramolecular Hbond substituents is 2. The molecule has 0 unspecified atom stereocenters. The molecule has 0 bridgehead atoms. The fourth-order valence-corrected chi connectivity index (χ4v) is 6.08. The molecule has 4 rings (SSSR count). The second-order valence-corrected chi connectivity index (χ2v) is 21.9. The van der Waals surface area contributed by atoms with Crippen molar-refractivity contribution in [3.63, 3.8) is 0 Å². The van der Waals surface area contributed by atoms with Gasteiger partial charge in [-0.3, -0.25) is 0 Å². The summed E-state index contributed by atoms with van der Waals surface area (Å²) in [5.74, 6) is -1.79. The molecule has 2 N–H and O–H groups in total. The third-order valence-electron chi connectivity index (χ3n) is 10.1. The van der Waals surface area contributed by atoms with Crippen LogP contribution in [-0.2, 0) is 47.4 Å². The largest absolute Gasteiger partial charge is 2.00 e. The molecule has 11 heteroatoms. The number of benzene rings is 4. The summed E-state index contributed by atoms with van der Waals surface area (Å²) in [5, 5.41) is 20.4. The number of rotatable bonds is 3. The molecule has 0 aliphatic heterocycles. The van der Waals surface area contributed by atoms with Gasteiger partial charge in [0.15, 0.2) is 0 Å². The van der Waals surface area contributed by atoms with Crippen molar-refractivity contribution >= 4 is 47.6 Å². The molecular weight excluding hydrogens is 1060 g/mol. The van der Waals surface area contributed by atoms with Gasteiger partial charge in [0.05, 0.1) is 14.2 Å². The van der Waals surface area contributed by atoms with Crippen LogP contribution in [0.15, 0.2) is 66.7 Å². The SMILES string of the molecule is COC(=O)c1cc(C(C)(C)C)ccc1OC(=O)OC(C)(C)C.Cl.[2H]C([2H])([2H])C(c1cc(C(C)(C)C)cc(C)c1OC)(C([2H])([2H])[2H])C([2H])([2H])[2H].[2H]C([2H])([2H])C(c1cc(C(C)(C)C)ccc1O)(C([2H])([2H])[2H])C([2H])([2H])[2H].[2H]C([2H])([2H])C(c1cc(C(C)(C)C)ccc1O)(C([2H])([2H])[2H])C([2H])([2H])[2H].[2H][C-]([2H])[2H].[I-].[Mg+2]. The molecule has 4 aromatic carbocycles. The molecule has 0 fully saturated rings. The van der Waals surface area contributed by atoms with E-state index in [1.807, 2.05) is 89.2 Å². The number of carbonyl (C=O) groups is 2. The van der Waals surface area contributed by atoms with Gasteiger partial charge in [-0.25, -0.2) is 13.7 Å². The zero-order valence-corrected chi connectivity index (χ0v) is 50.1. The van der Waals surface area contributed by atoms with E-state index in [0.717, 1.165) is 17.7 Å². The van der Waals surface area contributed by atoms with Gasteiger partial charge in [-0.2, -0.15) is 0 Å². The Morgan fingerprint density at radius 1 is 0.534 bits per heavy atom. The monoisotopic (exact) mass is 1190 g/mol. The number of halogens is 2. The van der Waals surface area contributed by atoms with E-state index in [0.29, 0.717) is 22.3 Å². The molecule has 73 heavy (non-hydrogen) atoms. The van der Waals surface area contributed by atoms with Crippen molar-refractivity contribution < 1.29 is 104 Å². The maximum absolute atomic E-state index is 11.9. The molecule has 8 nitrogen and oxygen atoms in total. The van der Waals surface area contributed by atoms with Crippen LogP contribution in [-0.4, -0.2) is 65.2 Å². The number of aromatic hydroxyl groups is 2. The standard InChI is InChI=1S/C17H24O5.C16H26O.2C14H22O.CH3.ClH.HI.Mg/c1-16(2,3)11-8-9-13(12(10-11)14(18)20-7)21-15(19)22-17(4,5)6;1-11-9-12(15(2,3)4)10-13(14(11)17-8)16(5,6)7;2*1-13(2,3)10-7-8-12(15)11(9-10)14(4,5)6;;;;/h8-10H,1-7H3;9-10H,1-8H3;2*7-9,15H,1-6H3;1H3;2*1H;/q;;;;-1;;;+2/p-1/i;5D3,6D3,7D3;2*4D3,5D3,6D3;1D3;;;. The average Bonchev–Trinajstić information content (AvgIpc) is 0.716. The summed E-state index contributed by atoms with van der Waals surface area (Å²) in [5.41, 5.74) is -9.96. The number of methoxy groups -OCH3 is 2. The summed E-state index contributed by atoms with van der Waals surface area (Å²) in [6.07, 6.45) is -0.860. The molecule has 0 spiro atoms. The second-order valence-electron chi connectivity index (χ2n) is 21.9. The predicted octanol–water partition coefficient (Wildman–Crippen LogP) is 14.2. The third-order valence-corrected chi connectivity index (χ3v) is 10.1. The minimum absolute atomic E-state index is 0. The molecule has 0 atom stereocenters. The van der Waals surface area contributed by atoms with Gasteiger partial charge in [0.25, 0.3) is 0 Å². The van der Waals surface area contributed by atoms with Crippen LogP contribution in [0.5, 0.6) is 23.0 Å². The Hall–Kier alpha value is -3.19. The molecule has 0 aliphatic carbocycles. The van der Waals surface area contributed by atoms with E-state index in [-0.39, 0.29) is 87.5 Å². The third kappa shape index (κ3) is 25.0. The molecule has 410 valence electrons. The predicted molar refractivity (Wildman–Crippen MR) is 309 cm³/mol. The Morgan fingerprint density at radius 2 is 0.877 bits per heavy atom. The van der Waals surface area contributed by atoms with Crippen molar-refractivity contribution in [1.82, 2.24) is 0 Å². The van der Waals surface area contributed by atoms with Crippen LogP contribution in [0.1, 0.15) is 262 Å². The van der Waals surface area contributed by atoms with Crippen molar-refractivity contribution in [3.05, 3.63) is 124 Å². The molecule has 4 aromatic rings. The average molecular weight is 1190 g/mol. The topological polar surface area (TPSA) is 112 Å². The zero-order valence-electron chi connectivity index (χ0n) is 75.7. The Kier molecular flexibility index (Phi) is 14.2. The van der Waals surface area contributed by atoms with Crippen LogP contribution >= 0.6 is 12.4 Å². The Morgan fingerprint density at radius 3 is 1.21 bits per heavy atom. The molecular formula is C62H98ClIMgO8. The molecule has 0 aromatic heterocycles. The number of hydrogen-bond acceptors (Lipinski definition) is 8. The maximum Gasteiger partial charge on any atom is 2.00 e. The summed E-state index contributed by atoms with van der Waals surface area (Å²) >= 11 is 0. The zero-order chi connectivity index (χ0) is 80.3. The Bertz CT molecular complexity index is 3180. The summed E-state index contributed by atoms with van der Waals surface area (Å²) < 4.78 is 248. The molecule has 0 saturated heterocycles. The van der Waals surface area contributed by atoms with Crippen molar-refractivity contribution in [2.45, 2.75) is 216 Å². The van der Waals surface area contributed by atoms with E-state index in [1.165, 1.54) is 44.6 Å². The summed E-state index contributed by atoms with van der Waals surface area (Å²) in [7, 11) is 1.72. The maximum atomic E-state index is 11.9. The Balaban J connectivity index is -0.000000617. The van der Waals surface area contributed by atoms with Crippen molar-refractivity contribution in [2.24, 2.45) is 0 Å². The van der Waals surface area contributed by atoms with Crippen molar-refractivity contribution in [2.75, 3.05) is 14.2 Å². The van der Waals surface area contributed by atoms with Crippen LogP contribution in [0.25, 0.3) is 0 Å². The second kappa shape index (κ2) is 28.8. The van der Waals surface area contributed by atoms with Gasteiger partial charge in [-0.1, -0.05) is 187 Å². The van der Waals surface area contributed by atoms with Crippen molar-refractivity contribution in [3.8, 4) is 23.0 Å². The van der Waals surface area contributed by atoms with Gasteiger partial charge in [-0.05, 0) is 129 Å². The normalized spacial score (nSPS) is 19.4. The number of esters is 1. The first kappa shape index (κ1) is 36.0. The molecule has 0 aliphatic rings. The first-order valence-electron chi connectivity index (χ1n) is 37.0. The van der Waals surface area contributed by atoms with Gasteiger partial charge in [0.2, 0.25) is 0 Å². The first-order chi connectivity index (χ1) is 43.7. The van der Waals surface area contributed by atoms with Gasteiger partial charge in [0, 0.05) is 42.6 Å². The number of ether oxygens (including phenoxy) is 4. The number of aryl methyl sites for hydroxylation is 1. The van der Waals surface area contributed by atoms with Crippen molar-refractivity contribution in [1.29, 1.82) is 0 Å². The first-order valence-corrected chi connectivity index (χ1v) is 22.0. The van der Waals surface area contributed by atoms with Crippen LogP contribution in [0, 0.1) is 14.3 Å². The molecule has 0 radical (unpaired) electrons. The van der Waals surface area contributed by atoms with Crippen LogP contribution in [0.4, 0.5) is 4.79 Å². The molecule has 0 heterocycles. The van der Waals surface area contributed by atoms with E-state index in [4.69, 9.17) is 60.1 Å². The van der Waals surface area contributed by atoms with Crippen LogP contribution in [0.3, 0.4) is 0 Å². The summed E-state index contributed by atoms with van der Waals surface area (Å²) in [4.78, 5) is 23.7.